The molecule has 1 atom stereocenters. The Bertz CT molecular complexity index is 972. The molecular weight excluding hydrogens is 456 g/mol. The van der Waals surface area contributed by atoms with Gasteiger partial charge in [0.15, 0.2) is 0 Å². The number of hydrogen-bond donors (Lipinski definition) is 1. The molecular formula is C24H36N4O5S. The van der Waals surface area contributed by atoms with Gasteiger partial charge in [0.05, 0.1) is 10.8 Å². The quantitative estimate of drug-likeness (QED) is 0.500. The molecule has 0 bridgehead atoms. The molecule has 2 saturated heterocycles. The summed E-state index contributed by atoms with van der Waals surface area (Å²) >= 11 is 0. The number of primary amides is 1. The summed E-state index contributed by atoms with van der Waals surface area (Å²) < 4.78 is 27.5. The van der Waals surface area contributed by atoms with Crippen LogP contribution in [0.2, 0.25) is 0 Å². The summed E-state index contributed by atoms with van der Waals surface area (Å²) in [5, 5.41) is 0. The van der Waals surface area contributed by atoms with Gasteiger partial charge in [-0.25, -0.2) is 8.42 Å². The summed E-state index contributed by atoms with van der Waals surface area (Å²) in [4.78, 5) is 39.9. The molecule has 2 aliphatic rings. The van der Waals surface area contributed by atoms with Gasteiger partial charge in [-0.2, -0.15) is 4.31 Å². The lowest BCUT2D eigenvalue weighted by Crippen LogP contribution is -2.50. The molecule has 10 heteroatoms. The van der Waals surface area contributed by atoms with E-state index in [9.17, 15) is 22.8 Å². The number of hydrogen-bond acceptors (Lipinski definition) is 5. The summed E-state index contributed by atoms with van der Waals surface area (Å²) in [5.41, 5.74) is 5.70. The second kappa shape index (κ2) is 11.8. The molecule has 3 rings (SSSR count). The van der Waals surface area contributed by atoms with Crippen LogP contribution < -0.4 is 5.73 Å². The van der Waals surface area contributed by atoms with Crippen molar-refractivity contribution >= 4 is 27.7 Å². The predicted molar refractivity (Wildman–Crippen MR) is 128 cm³/mol. The number of nitrogens with two attached hydrogens (primary N) is 1. The van der Waals surface area contributed by atoms with E-state index in [0.29, 0.717) is 38.0 Å². The molecule has 0 aliphatic carbocycles. The Morgan fingerprint density at radius 3 is 2.15 bits per heavy atom. The van der Waals surface area contributed by atoms with E-state index in [4.69, 9.17) is 5.73 Å². The molecule has 2 aliphatic heterocycles. The van der Waals surface area contributed by atoms with Crippen LogP contribution in [0.25, 0.3) is 0 Å². The van der Waals surface area contributed by atoms with Crippen LogP contribution in [-0.4, -0.2) is 79.5 Å². The zero-order chi connectivity index (χ0) is 24.7. The second-order valence-electron chi connectivity index (χ2n) is 9.11. The number of rotatable bonds is 10. The van der Waals surface area contributed by atoms with Crippen molar-refractivity contribution < 1.29 is 22.8 Å². The first kappa shape index (κ1) is 26.2. The molecule has 0 unspecified atom stereocenters. The molecule has 2 heterocycles. The fourth-order valence-electron chi connectivity index (χ4n) is 4.49. The Labute approximate surface area is 202 Å². The molecule has 2 fully saturated rings. The van der Waals surface area contributed by atoms with E-state index in [1.54, 1.807) is 9.80 Å². The van der Waals surface area contributed by atoms with E-state index in [0.717, 1.165) is 19.3 Å². The molecule has 34 heavy (non-hydrogen) atoms. The fourth-order valence-corrected chi connectivity index (χ4v) is 5.92. The number of benzene rings is 1. The highest BCUT2D eigenvalue weighted by molar-refractivity contribution is 7.89. The summed E-state index contributed by atoms with van der Waals surface area (Å²) in [5.74, 6) is -0.896. The van der Waals surface area contributed by atoms with Crippen LogP contribution in [0.3, 0.4) is 0 Å². The monoisotopic (exact) mass is 492 g/mol. The summed E-state index contributed by atoms with van der Waals surface area (Å²) in [6.07, 6.45) is 6.49. The predicted octanol–water partition coefficient (Wildman–Crippen LogP) is 1.83. The maximum absolute atomic E-state index is 13.1. The highest BCUT2D eigenvalue weighted by atomic mass is 32.2. The first-order valence-corrected chi connectivity index (χ1v) is 13.6. The zero-order valence-electron chi connectivity index (χ0n) is 19.9. The van der Waals surface area contributed by atoms with Crippen molar-refractivity contribution in [2.75, 3.05) is 39.3 Å². The van der Waals surface area contributed by atoms with E-state index in [1.807, 2.05) is 0 Å². The van der Waals surface area contributed by atoms with Crippen LogP contribution in [0, 0.1) is 5.92 Å². The van der Waals surface area contributed by atoms with Crippen molar-refractivity contribution in [1.29, 1.82) is 0 Å². The third-order valence-electron chi connectivity index (χ3n) is 6.70. The van der Waals surface area contributed by atoms with Crippen LogP contribution in [0.1, 0.15) is 62.2 Å². The standard InChI is InChI=1S/C24H36N4O5S/c1-2-3-4-5-6-7-22(29)26-14-16-28(17-15-26)34(32,33)21-10-8-19(9-11-21)24(31)27-13-12-20(18-27)23(25)30/h8-11,20H,2-7,12-18H2,1H3,(H2,25,30)/t20-/m0/s1. The lowest BCUT2D eigenvalue weighted by Gasteiger charge is -2.34. The molecule has 0 spiro atoms. The molecule has 0 saturated carbocycles. The van der Waals surface area contributed by atoms with Crippen molar-refractivity contribution in [1.82, 2.24) is 14.1 Å². The zero-order valence-corrected chi connectivity index (χ0v) is 20.8. The van der Waals surface area contributed by atoms with Crippen LogP contribution in [0.5, 0.6) is 0 Å². The van der Waals surface area contributed by atoms with E-state index in [1.165, 1.54) is 41.4 Å². The van der Waals surface area contributed by atoms with Crippen molar-refractivity contribution in [3.63, 3.8) is 0 Å². The van der Waals surface area contributed by atoms with Crippen LogP contribution >= 0.6 is 0 Å². The summed E-state index contributed by atoms with van der Waals surface area (Å²) in [6, 6.07) is 5.90. The Hall–Kier alpha value is -2.46. The third-order valence-corrected chi connectivity index (χ3v) is 8.62. The lowest BCUT2D eigenvalue weighted by molar-refractivity contribution is -0.132. The minimum absolute atomic E-state index is 0.0944. The lowest BCUT2D eigenvalue weighted by atomic mass is 10.1. The van der Waals surface area contributed by atoms with Gasteiger partial charge < -0.3 is 15.5 Å². The number of piperazine rings is 1. The van der Waals surface area contributed by atoms with E-state index >= 15 is 0 Å². The van der Waals surface area contributed by atoms with E-state index < -0.39 is 15.9 Å². The normalized spacial score (nSPS) is 19.4. The minimum atomic E-state index is -3.71. The SMILES string of the molecule is CCCCCCCC(=O)N1CCN(S(=O)(=O)c2ccc(C(=O)N3CC[C@H](C(N)=O)C3)cc2)CC1. The van der Waals surface area contributed by atoms with Crippen LogP contribution in [-0.2, 0) is 19.6 Å². The fraction of sp³-hybridized carbons (Fsp3) is 0.625. The molecule has 0 aromatic heterocycles. The van der Waals surface area contributed by atoms with Gasteiger partial charge >= 0.3 is 0 Å². The molecule has 9 nitrogen and oxygen atoms in total. The number of carbonyl (C=O) groups is 3. The summed E-state index contributed by atoms with van der Waals surface area (Å²) in [7, 11) is -3.71. The highest BCUT2D eigenvalue weighted by Crippen LogP contribution is 2.22. The number of amides is 3. The second-order valence-corrected chi connectivity index (χ2v) is 11.1. The van der Waals surface area contributed by atoms with E-state index in [-0.39, 0.29) is 42.3 Å². The van der Waals surface area contributed by atoms with Crippen LogP contribution in [0.15, 0.2) is 29.2 Å². The van der Waals surface area contributed by atoms with Gasteiger partial charge in [-0.05, 0) is 37.1 Å². The van der Waals surface area contributed by atoms with Crippen molar-refractivity contribution in [2.45, 2.75) is 56.8 Å². The summed E-state index contributed by atoms with van der Waals surface area (Å²) in [6.45, 7) is 4.19. The molecule has 3 amide bonds. The third kappa shape index (κ3) is 6.35. The Morgan fingerprint density at radius 1 is 0.912 bits per heavy atom. The van der Waals surface area contributed by atoms with Crippen molar-refractivity contribution in [2.24, 2.45) is 11.7 Å². The largest absolute Gasteiger partial charge is 0.369 e. The molecule has 188 valence electrons. The number of unbranched alkanes of at least 4 members (excludes halogenated alkanes) is 4. The molecule has 0 radical (unpaired) electrons. The van der Waals surface area contributed by atoms with Gasteiger partial charge in [0, 0.05) is 51.3 Å². The Kier molecular flexibility index (Phi) is 9.07. The van der Waals surface area contributed by atoms with Gasteiger partial charge in [-0.15, -0.1) is 0 Å². The Balaban J connectivity index is 1.52. The topological polar surface area (TPSA) is 121 Å². The molecule has 2 N–H and O–H groups in total. The Morgan fingerprint density at radius 2 is 1.56 bits per heavy atom. The smallest absolute Gasteiger partial charge is 0.253 e. The van der Waals surface area contributed by atoms with Gasteiger partial charge in [0.2, 0.25) is 21.8 Å². The molecule has 1 aromatic carbocycles. The first-order valence-electron chi connectivity index (χ1n) is 12.2. The number of carbonyl (C=O) groups excluding carboxylic acids is 3. The maximum atomic E-state index is 13.1. The maximum Gasteiger partial charge on any atom is 0.253 e. The highest BCUT2D eigenvalue weighted by Gasteiger charge is 2.32. The van der Waals surface area contributed by atoms with E-state index in [2.05, 4.69) is 6.92 Å². The minimum Gasteiger partial charge on any atom is -0.369 e. The number of likely N-dealkylation sites (tertiary alicyclic amines) is 1. The van der Waals surface area contributed by atoms with Gasteiger partial charge in [0.25, 0.3) is 5.91 Å². The van der Waals surface area contributed by atoms with Gasteiger partial charge in [-0.1, -0.05) is 32.6 Å². The van der Waals surface area contributed by atoms with Crippen molar-refractivity contribution in [3.05, 3.63) is 29.8 Å². The average molecular weight is 493 g/mol. The van der Waals surface area contributed by atoms with Gasteiger partial charge in [0.1, 0.15) is 0 Å². The van der Waals surface area contributed by atoms with Gasteiger partial charge in [-0.3, -0.25) is 14.4 Å². The number of nitrogens with zero attached hydrogens (tertiary/aromatic N) is 3. The average Bonchev–Trinajstić information content (AvgIpc) is 3.34. The van der Waals surface area contributed by atoms with Crippen LogP contribution in [0.4, 0.5) is 0 Å². The van der Waals surface area contributed by atoms with Crippen molar-refractivity contribution in [3.8, 4) is 0 Å². The first-order chi connectivity index (χ1) is 16.2. The molecule has 1 aromatic rings. The number of sulfonamides is 1.